The molecule has 1 fully saturated rings. The van der Waals surface area contributed by atoms with Crippen molar-refractivity contribution >= 4 is 14.2 Å². The average molecular weight is 425 g/mol. The van der Waals surface area contributed by atoms with E-state index in [0.29, 0.717) is 12.5 Å². The molecule has 4 nitrogen and oxygen atoms in total. The molecule has 1 atom stereocenters. The summed E-state index contributed by atoms with van der Waals surface area (Å²) < 4.78 is 0. The Bertz CT molecular complexity index is 883. The molecule has 0 radical (unpaired) electrons. The molecule has 0 saturated carbocycles. The topological polar surface area (TPSA) is 66.6 Å². The molecule has 3 N–H and O–H groups in total. The van der Waals surface area contributed by atoms with Crippen LogP contribution in [-0.2, 0) is 13.0 Å². The summed E-state index contributed by atoms with van der Waals surface area (Å²) in [6.45, 7) is 10.2. The highest BCUT2D eigenvalue weighted by atomic mass is 28.4. The first kappa shape index (κ1) is 22.7. The van der Waals surface area contributed by atoms with E-state index in [4.69, 9.17) is 5.73 Å². The van der Waals surface area contributed by atoms with E-state index in [9.17, 15) is 9.59 Å². The monoisotopic (exact) mass is 424 g/mol. The van der Waals surface area contributed by atoms with Gasteiger partial charge in [0.1, 0.15) is 0 Å². The van der Waals surface area contributed by atoms with E-state index in [1.807, 2.05) is 30.1 Å². The van der Waals surface area contributed by atoms with Crippen LogP contribution in [0.4, 0.5) is 0 Å². The van der Waals surface area contributed by atoms with E-state index >= 15 is 0 Å². The van der Waals surface area contributed by atoms with E-state index in [-0.39, 0.29) is 11.4 Å². The van der Waals surface area contributed by atoms with Crippen molar-refractivity contribution in [2.45, 2.75) is 64.2 Å². The van der Waals surface area contributed by atoms with Gasteiger partial charge in [-0.1, -0.05) is 43.3 Å². The predicted octanol–water partition coefficient (Wildman–Crippen LogP) is 4.60. The molecule has 1 amide bonds. The van der Waals surface area contributed by atoms with Crippen molar-refractivity contribution in [1.82, 2.24) is 4.90 Å². The Morgan fingerprint density at radius 2 is 1.87 bits per heavy atom. The Balaban J connectivity index is 1.73. The first-order valence-electron chi connectivity index (χ1n) is 11.1. The number of hydrogen-bond donors (Lipinski definition) is 2. The highest BCUT2D eigenvalue weighted by molar-refractivity contribution is 6.71. The molecule has 0 bridgehead atoms. The molecule has 1 heterocycles. The molecular weight excluding hydrogens is 388 g/mol. The lowest BCUT2D eigenvalue weighted by Crippen LogP contribution is -2.39. The Hall–Kier alpha value is -1.95. The van der Waals surface area contributed by atoms with Crippen LogP contribution in [-0.4, -0.2) is 37.0 Å². The van der Waals surface area contributed by atoms with Gasteiger partial charge in [0, 0.05) is 25.2 Å². The van der Waals surface area contributed by atoms with Gasteiger partial charge in [0.25, 0.3) is 5.91 Å². The third kappa shape index (κ3) is 5.20. The van der Waals surface area contributed by atoms with Crippen LogP contribution in [0, 0.1) is 6.92 Å². The fraction of sp³-hybridized carbons (Fsp3) is 0.480. The zero-order chi connectivity index (χ0) is 21.9. The third-order valence-corrected chi connectivity index (χ3v) is 9.41. The van der Waals surface area contributed by atoms with Crippen LogP contribution in [0.15, 0.2) is 42.5 Å². The largest absolute Gasteiger partial charge is 0.432 e. The number of rotatable bonds is 6. The summed E-state index contributed by atoms with van der Waals surface area (Å²) in [6, 6.07) is 14.6. The van der Waals surface area contributed by atoms with Crippen molar-refractivity contribution in [2.24, 2.45) is 5.73 Å². The fourth-order valence-corrected chi connectivity index (χ4v) is 4.99. The molecule has 1 unspecified atom stereocenters. The first-order chi connectivity index (χ1) is 14.2. The van der Waals surface area contributed by atoms with Gasteiger partial charge in [-0.15, -0.1) is 0 Å². The molecule has 162 valence electrons. The SMILES string of the molecule is Cc1cccc(C(=O)N2CCC(c3cccc(CN)c3)CC2)c1CC(C)[Si](C)(C)O. The van der Waals surface area contributed by atoms with Crippen molar-refractivity contribution in [3.8, 4) is 0 Å². The standard InChI is InChI=1S/C25H36N2O2Si/c1-18-7-5-10-23(24(18)15-19(2)30(3,4)29)25(28)27-13-11-21(12-14-27)22-9-6-8-20(16-22)17-26/h5-10,16,19,21,29H,11-15,17,26H2,1-4H3. The maximum absolute atomic E-state index is 13.4. The molecule has 0 aromatic heterocycles. The van der Waals surface area contributed by atoms with Crippen LogP contribution in [0.3, 0.4) is 0 Å². The van der Waals surface area contributed by atoms with Gasteiger partial charge in [0.2, 0.25) is 0 Å². The number of nitrogens with zero attached hydrogens (tertiary/aromatic N) is 1. The number of aryl methyl sites for hydroxylation is 1. The van der Waals surface area contributed by atoms with Crippen molar-refractivity contribution in [2.75, 3.05) is 13.1 Å². The minimum atomic E-state index is -2.25. The van der Waals surface area contributed by atoms with Crippen LogP contribution in [0.1, 0.15) is 58.3 Å². The van der Waals surface area contributed by atoms with Crippen molar-refractivity contribution < 1.29 is 9.59 Å². The summed E-state index contributed by atoms with van der Waals surface area (Å²) in [5.41, 5.74) is 11.5. The van der Waals surface area contributed by atoms with Gasteiger partial charge >= 0.3 is 0 Å². The Labute approximate surface area is 182 Å². The molecule has 2 aromatic carbocycles. The molecule has 30 heavy (non-hydrogen) atoms. The highest BCUT2D eigenvalue weighted by Gasteiger charge is 2.30. The summed E-state index contributed by atoms with van der Waals surface area (Å²) in [4.78, 5) is 25.9. The second-order valence-electron chi connectivity index (χ2n) is 9.38. The van der Waals surface area contributed by atoms with Crippen molar-refractivity contribution in [3.05, 3.63) is 70.3 Å². The van der Waals surface area contributed by atoms with Gasteiger partial charge in [-0.05, 0) is 79.1 Å². The molecule has 5 heteroatoms. The zero-order valence-corrected chi connectivity index (χ0v) is 19.8. The highest BCUT2D eigenvalue weighted by Crippen LogP contribution is 2.31. The minimum absolute atomic E-state index is 0.132. The van der Waals surface area contributed by atoms with E-state index in [2.05, 4.69) is 44.2 Å². The molecule has 2 aromatic rings. The summed E-state index contributed by atoms with van der Waals surface area (Å²) in [5.74, 6) is 0.617. The van der Waals surface area contributed by atoms with Crippen LogP contribution in [0.25, 0.3) is 0 Å². The van der Waals surface area contributed by atoms with E-state index < -0.39 is 8.32 Å². The van der Waals surface area contributed by atoms with Gasteiger partial charge < -0.3 is 15.4 Å². The molecule has 0 aliphatic carbocycles. The van der Waals surface area contributed by atoms with Crippen LogP contribution < -0.4 is 5.73 Å². The molecule has 1 aliphatic heterocycles. The van der Waals surface area contributed by atoms with Gasteiger partial charge in [-0.25, -0.2) is 0 Å². The zero-order valence-electron chi connectivity index (χ0n) is 18.8. The number of carbonyl (C=O) groups is 1. The Morgan fingerprint density at radius 1 is 1.20 bits per heavy atom. The number of amides is 1. The number of benzene rings is 2. The average Bonchev–Trinajstić information content (AvgIpc) is 2.74. The number of likely N-dealkylation sites (tertiary alicyclic amines) is 1. The quantitative estimate of drug-likeness (QED) is 0.666. The summed E-state index contributed by atoms with van der Waals surface area (Å²) in [6.07, 6.45) is 2.72. The Kier molecular flexibility index (Phi) is 7.16. The molecular formula is C25H36N2O2Si. The number of hydrogen-bond acceptors (Lipinski definition) is 3. The summed E-state index contributed by atoms with van der Waals surface area (Å²) in [5, 5.41) is 0. The first-order valence-corrected chi connectivity index (χ1v) is 14.1. The van der Waals surface area contributed by atoms with Gasteiger partial charge in [0.15, 0.2) is 8.32 Å². The van der Waals surface area contributed by atoms with Crippen LogP contribution >= 0.6 is 0 Å². The summed E-state index contributed by atoms with van der Waals surface area (Å²) >= 11 is 0. The second kappa shape index (κ2) is 9.46. The van der Waals surface area contributed by atoms with E-state index in [1.165, 1.54) is 11.1 Å². The minimum Gasteiger partial charge on any atom is -0.432 e. The third-order valence-electron chi connectivity index (χ3n) is 6.80. The Morgan fingerprint density at radius 3 is 2.50 bits per heavy atom. The predicted molar refractivity (Wildman–Crippen MR) is 126 cm³/mol. The van der Waals surface area contributed by atoms with Crippen LogP contribution in [0.5, 0.6) is 0 Å². The lowest BCUT2D eigenvalue weighted by Gasteiger charge is -2.33. The molecule has 1 aliphatic rings. The van der Waals surface area contributed by atoms with Gasteiger partial charge in [0.05, 0.1) is 0 Å². The van der Waals surface area contributed by atoms with Crippen LogP contribution in [0.2, 0.25) is 18.6 Å². The van der Waals surface area contributed by atoms with E-state index in [1.54, 1.807) is 0 Å². The van der Waals surface area contributed by atoms with Gasteiger partial charge in [-0.2, -0.15) is 0 Å². The van der Waals surface area contributed by atoms with E-state index in [0.717, 1.165) is 49.0 Å². The molecule has 1 saturated heterocycles. The second-order valence-corrected chi connectivity index (χ2v) is 13.7. The van der Waals surface area contributed by atoms with Crippen molar-refractivity contribution in [3.63, 3.8) is 0 Å². The molecule has 0 spiro atoms. The lowest BCUT2D eigenvalue weighted by atomic mass is 9.88. The number of nitrogens with two attached hydrogens (primary N) is 1. The maximum atomic E-state index is 13.4. The smallest absolute Gasteiger partial charge is 0.254 e. The maximum Gasteiger partial charge on any atom is 0.254 e. The van der Waals surface area contributed by atoms with Crippen molar-refractivity contribution in [1.29, 1.82) is 0 Å². The fourth-order valence-electron chi connectivity index (χ4n) is 4.29. The lowest BCUT2D eigenvalue weighted by molar-refractivity contribution is 0.0711. The summed E-state index contributed by atoms with van der Waals surface area (Å²) in [7, 11) is -2.25. The van der Waals surface area contributed by atoms with Gasteiger partial charge in [-0.3, -0.25) is 4.79 Å². The number of piperidine rings is 1. The normalized spacial score (nSPS) is 16.5. The number of carbonyl (C=O) groups excluding carboxylic acids is 1. The molecule has 3 rings (SSSR count).